The zero-order valence-corrected chi connectivity index (χ0v) is 7.52. The number of hydrogen-bond acceptors (Lipinski definition) is 0. The summed E-state index contributed by atoms with van der Waals surface area (Å²) in [4.78, 5) is 0. The van der Waals surface area contributed by atoms with Crippen LogP contribution < -0.4 is 0 Å². The van der Waals surface area contributed by atoms with Crippen molar-refractivity contribution in [1.29, 1.82) is 0 Å². The van der Waals surface area contributed by atoms with Gasteiger partial charge in [0.15, 0.2) is 0 Å². The summed E-state index contributed by atoms with van der Waals surface area (Å²) in [6.07, 6.45) is 1.37. The number of rotatable bonds is 1. The van der Waals surface area contributed by atoms with E-state index < -0.39 is 0 Å². The molecular weight excluding hydrogens is 276 g/mol. The molecular formula is C4H11AuP. The average Bonchev–Trinajstić information content (AvgIpc) is 1.38. The second-order valence-electron chi connectivity index (χ2n) is 1.40. The molecule has 0 amide bonds. The van der Waals surface area contributed by atoms with Crippen LogP contribution in [0.3, 0.4) is 0 Å². The minimum Gasteiger partial charge on any atom is -0.113 e. The molecule has 0 aliphatic carbocycles. The Bertz CT molecular complexity index is 21.5. The Morgan fingerprint density at radius 3 is 1.50 bits per heavy atom. The summed E-state index contributed by atoms with van der Waals surface area (Å²) in [6, 6.07) is 0. The van der Waals surface area contributed by atoms with E-state index in [4.69, 9.17) is 0 Å². The third-order valence-corrected chi connectivity index (χ3v) is 1.90. The molecule has 0 rings (SSSR count). The van der Waals surface area contributed by atoms with Crippen molar-refractivity contribution >= 4 is 7.92 Å². The summed E-state index contributed by atoms with van der Waals surface area (Å²) in [6.45, 7) is 6.80. The maximum Gasteiger partial charge on any atom is 0 e. The zero-order valence-electron chi connectivity index (χ0n) is 4.46. The van der Waals surface area contributed by atoms with Gasteiger partial charge in [0.05, 0.1) is 0 Å². The van der Waals surface area contributed by atoms with Gasteiger partial charge < -0.3 is 0 Å². The Morgan fingerprint density at radius 2 is 1.50 bits per heavy atom. The van der Waals surface area contributed by atoms with Crippen LogP contribution in [-0.4, -0.2) is 19.5 Å². The fraction of sp³-hybridized carbons (Fsp3) is 1.00. The van der Waals surface area contributed by atoms with Gasteiger partial charge in [0.25, 0.3) is 0 Å². The molecule has 1 radical (unpaired) electrons. The van der Waals surface area contributed by atoms with Crippen molar-refractivity contribution in [2.24, 2.45) is 0 Å². The van der Waals surface area contributed by atoms with Crippen molar-refractivity contribution in [2.45, 2.75) is 6.92 Å². The van der Waals surface area contributed by atoms with Crippen LogP contribution in [0.1, 0.15) is 6.92 Å². The molecule has 0 heterocycles. The van der Waals surface area contributed by atoms with Crippen LogP contribution in [0.5, 0.6) is 0 Å². The van der Waals surface area contributed by atoms with Crippen LogP contribution in [0.2, 0.25) is 0 Å². The van der Waals surface area contributed by atoms with Crippen molar-refractivity contribution in [3.8, 4) is 0 Å². The second kappa shape index (κ2) is 6.17. The van der Waals surface area contributed by atoms with E-state index in [1.54, 1.807) is 0 Å². The van der Waals surface area contributed by atoms with Gasteiger partial charge in [-0.3, -0.25) is 0 Å². The molecule has 2 heteroatoms. The average molecular weight is 287 g/mol. The van der Waals surface area contributed by atoms with E-state index in [1.165, 1.54) is 6.16 Å². The SMILES string of the molecule is CCP(C)C.[Au]. The summed E-state index contributed by atoms with van der Waals surface area (Å²) in [5, 5.41) is 0. The van der Waals surface area contributed by atoms with Gasteiger partial charge in [-0.05, 0) is 19.5 Å². The molecule has 0 aromatic heterocycles. The summed E-state index contributed by atoms with van der Waals surface area (Å²) in [5.74, 6) is 0. The molecule has 0 aromatic rings. The molecule has 0 atom stereocenters. The molecule has 0 saturated carbocycles. The summed E-state index contributed by atoms with van der Waals surface area (Å²) < 4.78 is 0. The predicted molar refractivity (Wildman–Crippen MR) is 29.3 cm³/mol. The molecule has 0 unspecified atom stereocenters. The normalized spacial score (nSPS) is 8.00. The molecule has 0 bridgehead atoms. The Balaban J connectivity index is 0. The minimum absolute atomic E-state index is 0. The minimum atomic E-state index is 0. The van der Waals surface area contributed by atoms with Gasteiger partial charge in [0.1, 0.15) is 0 Å². The quantitative estimate of drug-likeness (QED) is 0.509. The van der Waals surface area contributed by atoms with E-state index in [9.17, 15) is 0 Å². The van der Waals surface area contributed by atoms with Crippen LogP contribution in [0, 0.1) is 0 Å². The van der Waals surface area contributed by atoms with Gasteiger partial charge in [-0.15, -0.1) is 7.92 Å². The van der Waals surface area contributed by atoms with Gasteiger partial charge in [0.2, 0.25) is 0 Å². The molecule has 0 aliphatic rings. The molecule has 0 spiro atoms. The first-order valence-corrected chi connectivity index (χ1v) is 4.34. The molecule has 0 aliphatic heterocycles. The molecule has 0 fully saturated rings. The second-order valence-corrected chi connectivity index (χ2v) is 4.19. The molecule has 6 heavy (non-hydrogen) atoms. The van der Waals surface area contributed by atoms with Crippen LogP contribution in [0.4, 0.5) is 0 Å². The summed E-state index contributed by atoms with van der Waals surface area (Å²) in [5.41, 5.74) is 0. The van der Waals surface area contributed by atoms with Crippen molar-refractivity contribution in [3.63, 3.8) is 0 Å². The maximum atomic E-state index is 2.29. The van der Waals surface area contributed by atoms with E-state index in [0.717, 1.165) is 0 Å². The summed E-state index contributed by atoms with van der Waals surface area (Å²) in [7, 11) is 0.402. The third-order valence-electron chi connectivity index (χ3n) is 0.632. The van der Waals surface area contributed by atoms with Crippen LogP contribution in [0.25, 0.3) is 0 Å². The fourth-order valence-corrected chi connectivity index (χ4v) is 0. The molecule has 43 valence electrons. The predicted octanol–water partition coefficient (Wildman–Crippen LogP) is 1.75. The van der Waals surface area contributed by atoms with E-state index in [2.05, 4.69) is 20.3 Å². The van der Waals surface area contributed by atoms with Gasteiger partial charge in [-0.25, -0.2) is 0 Å². The molecule has 0 saturated heterocycles. The van der Waals surface area contributed by atoms with Gasteiger partial charge in [-0.1, -0.05) is 6.92 Å². The zero-order chi connectivity index (χ0) is 4.28. The Labute approximate surface area is 57.0 Å². The van der Waals surface area contributed by atoms with Gasteiger partial charge in [-0.2, -0.15) is 0 Å². The van der Waals surface area contributed by atoms with E-state index in [-0.39, 0.29) is 22.4 Å². The fourth-order valence-electron chi connectivity index (χ4n) is 0. The first kappa shape index (κ1) is 10.2. The molecule has 0 aromatic carbocycles. The van der Waals surface area contributed by atoms with E-state index in [0.29, 0.717) is 7.92 Å². The topological polar surface area (TPSA) is 0 Å². The first-order valence-electron chi connectivity index (χ1n) is 1.92. The van der Waals surface area contributed by atoms with Crippen LogP contribution >= 0.6 is 7.92 Å². The monoisotopic (exact) mass is 287 g/mol. The molecule has 0 nitrogen and oxygen atoms in total. The van der Waals surface area contributed by atoms with E-state index >= 15 is 0 Å². The summed E-state index contributed by atoms with van der Waals surface area (Å²) >= 11 is 0. The maximum absolute atomic E-state index is 2.29. The van der Waals surface area contributed by atoms with Gasteiger partial charge >= 0.3 is 0 Å². The van der Waals surface area contributed by atoms with Crippen molar-refractivity contribution in [2.75, 3.05) is 19.5 Å². The van der Waals surface area contributed by atoms with Crippen molar-refractivity contribution < 1.29 is 22.4 Å². The van der Waals surface area contributed by atoms with Crippen molar-refractivity contribution in [1.82, 2.24) is 0 Å². The van der Waals surface area contributed by atoms with E-state index in [1.807, 2.05) is 0 Å². The van der Waals surface area contributed by atoms with Crippen LogP contribution in [-0.2, 0) is 22.4 Å². The standard InChI is InChI=1S/C4H11P.Au/c1-4-5(2)3;/h4H2,1-3H3;. The largest absolute Gasteiger partial charge is 0.113 e. The number of hydrogen-bond donors (Lipinski definition) is 0. The smallest absolute Gasteiger partial charge is 0 e. The van der Waals surface area contributed by atoms with Crippen LogP contribution in [0.15, 0.2) is 0 Å². The van der Waals surface area contributed by atoms with Gasteiger partial charge in [0, 0.05) is 22.4 Å². The Hall–Kier alpha value is 1.17. The first-order chi connectivity index (χ1) is 2.27. The van der Waals surface area contributed by atoms with Crippen molar-refractivity contribution in [3.05, 3.63) is 0 Å². The Kier molecular flexibility index (Phi) is 10.5. The third kappa shape index (κ3) is 8.95. The Morgan fingerprint density at radius 1 is 1.33 bits per heavy atom. The molecule has 0 N–H and O–H groups in total.